The number of carbonyl (C=O) groups excluding carboxylic acids is 1. The average molecular weight is 294 g/mol. The van der Waals surface area contributed by atoms with E-state index in [1.807, 2.05) is 0 Å². The molecule has 1 amide bonds. The molecule has 1 saturated heterocycles. The lowest BCUT2D eigenvalue weighted by molar-refractivity contribution is -0.385. The topological polar surface area (TPSA) is 92.9 Å². The number of rotatable bonds is 4. The summed E-state index contributed by atoms with van der Waals surface area (Å²) in [6, 6.07) is 4.29. The molecule has 0 radical (unpaired) electrons. The summed E-state index contributed by atoms with van der Waals surface area (Å²) in [7, 11) is 1.31. The molecule has 0 aliphatic carbocycles. The molecule has 1 fully saturated rings. The number of amides is 1. The van der Waals surface area contributed by atoms with E-state index >= 15 is 0 Å². The van der Waals surface area contributed by atoms with Gasteiger partial charge >= 0.3 is 5.69 Å². The smallest absolute Gasteiger partial charge is 0.311 e. The standard InChI is InChI=1S/C14H18N2O5/c1-9(17)10-6-7-15(8-10)14(18)11-4-3-5-12(16(19)20)13(11)21-2/h3-5,9-10,17H,6-8H2,1-2H3. The second-order valence-corrected chi connectivity index (χ2v) is 5.16. The number of aliphatic hydroxyl groups is 1. The molecule has 0 saturated carbocycles. The molecule has 0 spiro atoms. The SMILES string of the molecule is COc1c(C(=O)N2CCC(C(C)O)C2)cccc1[N+](=O)[O-]. The van der Waals surface area contributed by atoms with Gasteiger partial charge in [-0.2, -0.15) is 0 Å². The lowest BCUT2D eigenvalue weighted by Gasteiger charge is -2.19. The molecule has 2 unspecified atom stereocenters. The Labute approximate surface area is 122 Å². The second kappa shape index (κ2) is 6.09. The summed E-state index contributed by atoms with van der Waals surface area (Å²) in [5, 5.41) is 20.6. The van der Waals surface area contributed by atoms with Crippen molar-refractivity contribution in [2.75, 3.05) is 20.2 Å². The highest BCUT2D eigenvalue weighted by molar-refractivity contribution is 5.98. The summed E-state index contributed by atoms with van der Waals surface area (Å²) in [6.45, 7) is 2.68. The van der Waals surface area contributed by atoms with Crippen LogP contribution in [0.2, 0.25) is 0 Å². The zero-order valence-electron chi connectivity index (χ0n) is 12.0. The fourth-order valence-electron chi connectivity index (χ4n) is 2.59. The molecule has 1 aliphatic heterocycles. The van der Waals surface area contributed by atoms with E-state index in [9.17, 15) is 20.0 Å². The highest BCUT2D eigenvalue weighted by atomic mass is 16.6. The van der Waals surface area contributed by atoms with Gasteiger partial charge in [-0.15, -0.1) is 0 Å². The Balaban J connectivity index is 2.28. The van der Waals surface area contributed by atoms with Crippen molar-refractivity contribution in [1.82, 2.24) is 4.90 Å². The monoisotopic (exact) mass is 294 g/mol. The van der Waals surface area contributed by atoms with Crippen LogP contribution in [0.15, 0.2) is 18.2 Å². The van der Waals surface area contributed by atoms with Crippen LogP contribution in [0.25, 0.3) is 0 Å². The average Bonchev–Trinajstić information content (AvgIpc) is 2.95. The van der Waals surface area contributed by atoms with Crippen molar-refractivity contribution in [2.24, 2.45) is 5.92 Å². The molecule has 1 N–H and O–H groups in total. The number of carbonyl (C=O) groups is 1. The van der Waals surface area contributed by atoms with E-state index in [0.29, 0.717) is 13.1 Å². The Morgan fingerprint density at radius 1 is 1.57 bits per heavy atom. The first-order valence-electron chi connectivity index (χ1n) is 6.74. The van der Waals surface area contributed by atoms with Crippen molar-refractivity contribution in [3.05, 3.63) is 33.9 Å². The molecule has 7 heteroatoms. The summed E-state index contributed by atoms with van der Waals surface area (Å²) >= 11 is 0. The van der Waals surface area contributed by atoms with E-state index in [-0.39, 0.29) is 28.8 Å². The lowest BCUT2D eigenvalue weighted by Crippen LogP contribution is -2.30. The van der Waals surface area contributed by atoms with Gasteiger partial charge in [0.1, 0.15) is 0 Å². The number of hydrogen-bond donors (Lipinski definition) is 1. The minimum absolute atomic E-state index is 0.0204. The number of nitro groups is 1. The van der Waals surface area contributed by atoms with Crippen LogP contribution in [-0.4, -0.2) is 47.1 Å². The first-order chi connectivity index (χ1) is 9.95. The molecule has 2 atom stereocenters. The van der Waals surface area contributed by atoms with Crippen molar-refractivity contribution < 1.29 is 19.6 Å². The summed E-state index contributed by atoms with van der Waals surface area (Å²) in [4.78, 5) is 24.5. The number of aliphatic hydroxyl groups excluding tert-OH is 1. The summed E-state index contributed by atoms with van der Waals surface area (Å²) in [6.07, 6.45) is 0.246. The summed E-state index contributed by atoms with van der Waals surface area (Å²) < 4.78 is 5.05. The molecular weight excluding hydrogens is 276 g/mol. The molecule has 1 aliphatic rings. The predicted molar refractivity (Wildman–Crippen MR) is 75.3 cm³/mol. The number of benzene rings is 1. The maximum Gasteiger partial charge on any atom is 0.311 e. The van der Waals surface area contributed by atoms with E-state index in [1.54, 1.807) is 11.8 Å². The summed E-state index contributed by atoms with van der Waals surface area (Å²) in [5.74, 6) is -0.287. The number of methoxy groups -OCH3 is 1. The molecule has 1 heterocycles. The molecule has 1 aromatic carbocycles. The number of nitrogens with zero attached hydrogens (tertiary/aromatic N) is 2. The van der Waals surface area contributed by atoms with Gasteiger partial charge in [-0.3, -0.25) is 14.9 Å². The second-order valence-electron chi connectivity index (χ2n) is 5.16. The molecule has 7 nitrogen and oxygen atoms in total. The maximum atomic E-state index is 12.5. The molecule has 1 aromatic rings. The van der Waals surface area contributed by atoms with Gasteiger partial charge in [-0.1, -0.05) is 6.07 Å². The van der Waals surface area contributed by atoms with Crippen LogP contribution in [-0.2, 0) is 0 Å². The molecule has 0 bridgehead atoms. The third-order valence-corrected chi connectivity index (χ3v) is 3.82. The predicted octanol–water partition coefficient (Wildman–Crippen LogP) is 1.45. The number of para-hydroxylation sites is 1. The number of likely N-dealkylation sites (tertiary alicyclic amines) is 1. The normalized spacial score (nSPS) is 19.4. The van der Waals surface area contributed by atoms with Gasteiger partial charge in [0.25, 0.3) is 5.91 Å². The van der Waals surface area contributed by atoms with Crippen molar-refractivity contribution in [1.29, 1.82) is 0 Å². The van der Waals surface area contributed by atoms with Gasteiger partial charge in [0.2, 0.25) is 5.75 Å². The molecule has 2 rings (SSSR count). The van der Waals surface area contributed by atoms with Crippen LogP contribution in [0, 0.1) is 16.0 Å². The fraction of sp³-hybridized carbons (Fsp3) is 0.500. The van der Waals surface area contributed by atoms with Gasteiger partial charge in [-0.05, 0) is 19.4 Å². The zero-order valence-corrected chi connectivity index (χ0v) is 12.0. The highest BCUT2D eigenvalue weighted by Crippen LogP contribution is 2.32. The quantitative estimate of drug-likeness (QED) is 0.670. The third-order valence-electron chi connectivity index (χ3n) is 3.82. The van der Waals surface area contributed by atoms with Crippen molar-refractivity contribution in [2.45, 2.75) is 19.4 Å². The van der Waals surface area contributed by atoms with Crippen LogP contribution in [0.1, 0.15) is 23.7 Å². The van der Waals surface area contributed by atoms with Crippen LogP contribution in [0.4, 0.5) is 5.69 Å². The molecule has 0 aromatic heterocycles. The maximum absolute atomic E-state index is 12.5. The van der Waals surface area contributed by atoms with Crippen LogP contribution >= 0.6 is 0 Å². The van der Waals surface area contributed by atoms with Crippen molar-refractivity contribution >= 4 is 11.6 Å². The molecule has 21 heavy (non-hydrogen) atoms. The fourth-order valence-corrected chi connectivity index (χ4v) is 2.59. The number of ether oxygens (including phenoxy) is 1. The minimum Gasteiger partial charge on any atom is -0.490 e. The third kappa shape index (κ3) is 2.97. The van der Waals surface area contributed by atoms with Gasteiger partial charge < -0.3 is 14.7 Å². The van der Waals surface area contributed by atoms with Crippen LogP contribution in [0.3, 0.4) is 0 Å². The van der Waals surface area contributed by atoms with Crippen LogP contribution in [0.5, 0.6) is 5.75 Å². The van der Waals surface area contributed by atoms with Crippen molar-refractivity contribution in [3.63, 3.8) is 0 Å². The largest absolute Gasteiger partial charge is 0.490 e. The van der Waals surface area contributed by atoms with E-state index in [2.05, 4.69) is 0 Å². The number of nitro benzene ring substituents is 1. The Morgan fingerprint density at radius 2 is 2.29 bits per heavy atom. The van der Waals surface area contributed by atoms with Gasteiger partial charge in [0.05, 0.1) is 23.7 Å². The Kier molecular flexibility index (Phi) is 4.42. The first kappa shape index (κ1) is 15.2. The summed E-state index contributed by atoms with van der Waals surface area (Å²) in [5.41, 5.74) is -0.0485. The minimum atomic E-state index is -0.571. The van der Waals surface area contributed by atoms with E-state index in [4.69, 9.17) is 4.74 Å². The zero-order chi connectivity index (χ0) is 15.6. The van der Waals surface area contributed by atoms with E-state index < -0.39 is 11.0 Å². The van der Waals surface area contributed by atoms with Gasteiger partial charge in [0.15, 0.2) is 0 Å². The Morgan fingerprint density at radius 3 is 2.81 bits per heavy atom. The first-order valence-corrected chi connectivity index (χ1v) is 6.74. The van der Waals surface area contributed by atoms with Crippen LogP contribution < -0.4 is 4.74 Å². The van der Waals surface area contributed by atoms with E-state index in [1.165, 1.54) is 25.3 Å². The Bertz CT molecular complexity index is 558. The number of hydrogen-bond acceptors (Lipinski definition) is 5. The lowest BCUT2D eigenvalue weighted by atomic mass is 10.0. The molecule has 114 valence electrons. The van der Waals surface area contributed by atoms with Gasteiger partial charge in [0, 0.05) is 25.1 Å². The van der Waals surface area contributed by atoms with Gasteiger partial charge in [-0.25, -0.2) is 0 Å². The Hall–Kier alpha value is -2.15. The van der Waals surface area contributed by atoms with Crippen molar-refractivity contribution in [3.8, 4) is 5.75 Å². The highest BCUT2D eigenvalue weighted by Gasteiger charge is 2.32. The van der Waals surface area contributed by atoms with E-state index in [0.717, 1.165) is 6.42 Å². The molecular formula is C14H18N2O5.